The van der Waals surface area contributed by atoms with Gasteiger partial charge in [0, 0.05) is 5.38 Å². The molecule has 0 aliphatic heterocycles. The number of rotatable bonds is 2. The number of primary amides is 1. The first-order chi connectivity index (χ1) is 6.27. The van der Waals surface area contributed by atoms with E-state index in [2.05, 4.69) is 25.6 Å². The molecule has 0 saturated carbocycles. The highest BCUT2D eigenvalue weighted by Gasteiger charge is 2.10. The number of thiazole rings is 1. The van der Waals surface area contributed by atoms with Crippen molar-refractivity contribution in [2.45, 2.75) is 0 Å². The summed E-state index contributed by atoms with van der Waals surface area (Å²) in [5, 5.41) is 14.8. The third kappa shape index (κ3) is 1.38. The van der Waals surface area contributed by atoms with Gasteiger partial charge in [0.1, 0.15) is 5.69 Å². The molecule has 13 heavy (non-hydrogen) atoms. The minimum Gasteiger partial charge on any atom is -0.364 e. The van der Waals surface area contributed by atoms with Gasteiger partial charge in [0.25, 0.3) is 5.91 Å². The van der Waals surface area contributed by atoms with Crippen LogP contribution in [0.4, 0.5) is 0 Å². The second-order valence-electron chi connectivity index (χ2n) is 2.15. The quantitative estimate of drug-likeness (QED) is 0.667. The average Bonchev–Trinajstić information content (AvgIpc) is 2.75. The number of nitrogens with one attached hydrogen (secondary N) is 1. The molecule has 0 aliphatic carbocycles. The Balaban J connectivity index is 2.39. The van der Waals surface area contributed by atoms with Gasteiger partial charge in [0.05, 0.1) is 0 Å². The van der Waals surface area contributed by atoms with Crippen LogP contribution < -0.4 is 5.73 Å². The van der Waals surface area contributed by atoms with Gasteiger partial charge in [0.15, 0.2) is 10.8 Å². The summed E-state index contributed by atoms with van der Waals surface area (Å²) in [5.41, 5.74) is 5.55. The standard InChI is InChI=1S/C5H4N6OS/c6-3(12)5-7-2(1-13-5)4-8-10-11-9-4/h1H,(H2,6,12)(H,8,9,10,11). The minimum atomic E-state index is -0.552. The first-order valence-corrected chi connectivity index (χ1v) is 4.15. The smallest absolute Gasteiger partial charge is 0.277 e. The Hall–Kier alpha value is -1.83. The first-order valence-electron chi connectivity index (χ1n) is 3.27. The van der Waals surface area contributed by atoms with E-state index >= 15 is 0 Å². The van der Waals surface area contributed by atoms with E-state index in [4.69, 9.17) is 5.73 Å². The fourth-order valence-corrected chi connectivity index (χ4v) is 1.42. The van der Waals surface area contributed by atoms with Gasteiger partial charge in [-0.1, -0.05) is 0 Å². The van der Waals surface area contributed by atoms with Gasteiger partial charge >= 0.3 is 0 Å². The van der Waals surface area contributed by atoms with Crippen molar-refractivity contribution in [2.75, 3.05) is 0 Å². The normalized spacial score (nSPS) is 10.2. The lowest BCUT2D eigenvalue weighted by Crippen LogP contribution is -2.10. The second-order valence-corrected chi connectivity index (χ2v) is 3.01. The van der Waals surface area contributed by atoms with E-state index in [-0.39, 0.29) is 5.01 Å². The third-order valence-electron chi connectivity index (χ3n) is 1.30. The number of hydrogen-bond acceptors (Lipinski definition) is 6. The van der Waals surface area contributed by atoms with Crippen molar-refractivity contribution in [1.29, 1.82) is 0 Å². The molecule has 0 radical (unpaired) electrons. The number of nitrogens with two attached hydrogens (primary N) is 1. The van der Waals surface area contributed by atoms with Crippen LogP contribution in [0.5, 0.6) is 0 Å². The number of aromatic nitrogens is 5. The highest BCUT2D eigenvalue weighted by molar-refractivity contribution is 7.12. The van der Waals surface area contributed by atoms with E-state index in [1.54, 1.807) is 5.38 Å². The van der Waals surface area contributed by atoms with Gasteiger partial charge < -0.3 is 5.73 Å². The molecule has 66 valence electrons. The highest BCUT2D eigenvalue weighted by atomic mass is 32.1. The summed E-state index contributed by atoms with van der Waals surface area (Å²) in [5.74, 6) is -0.132. The zero-order valence-electron chi connectivity index (χ0n) is 6.26. The molecule has 2 heterocycles. The second kappa shape index (κ2) is 2.90. The molecule has 0 aromatic carbocycles. The van der Waals surface area contributed by atoms with E-state index in [1.165, 1.54) is 0 Å². The Morgan fingerprint density at radius 2 is 2.46 bits per heavy atom. The molecule has 8 heteroatoms. The van der Waals surface area contributed by atoms with Gasteiger partial charge in [-0.15, -0.1) is 16.4 Å². The minimum absolute atomic E-state index is 0.242. The summed E-state index contributed by atoms with van der Waals surface area (Å²) in [6.07, 6.45) is 0. The van der Waals surface area contributed by atoms with Crippen molar-refractivity contribution in [3.63, 3.8) is 0 Å². The lowest BCUT2D eigenvalue weighted by Gasteiger charge is -1.84. The molecule has 2 aromatic heterocycles. The van der Waals surface area contributed by atoms with E-state index in [0.29, 0.717) is 11.5 Å². The van der Waals surface area contributed by atoms with Crippen molar-refractivity contribution in [1.82, 2.24) is 25.6 Å². The predicted octanol–water partition coefficient (Wildman–Crippen LogP) is -0.578. The van der Waals surface area contributed by atoms with Crippen LogP contribution in [0, 0.1) is 0 Å². The largest absolute Gasteiger partial charge is 0.364 e. The van der Waals surface area contributed by atoms with Crippen molar-refractivity contribution < 1.29 is 4.79 Å². The van der Waals surface area contributed by atoms with Gasteiger partial charge in [-0.3, -0.25) is 4.79 Å². The summed E-state index contributed by atoms with van der Waals surface area (Å²) in [7, 11) is 0. The number of carbonyl (C=O) groups is 1. The van der Waals surface area contributed by atoms with Gasteiger partial charge in [-0.25, -0.2) is 10.1 Å². The molecule has 2 rings (SSSR count). The first kappa shape index (κ1) is 7.80. The van der Waals surface area contributed by atoms with E-state index in [9.17, 15) is 4.79 Å². The van der Waals surface area contributed by atoms with Crippen LogP contribution >= 0.6 is 11.3 Å². The number of aromatic amines is 1. The molecule has 0 saturated heterocycles. The Labute approximate surface area is 76.0 Å². The molecule has 0 unspecified atom stereocenters. The Morgan fingerprint density at radius 1 is 1.62 bits per heavy atom. The number of H-pyrrole nitrogens is 1. The topological polar surface area (TPSA) is 110 Å². The molecular weight excluding hydrogens is 192 g/mol. The number of nitrogens with zero attached hydrogens (tertiary/aromatic N) is 4. The molecule has 0 fully saturated rings. The molecule has 0 spiro atoms. The zero-order chi connectivity index (χ0) is 9.26. The zero-order valence-corrected chi connectivity index (χ0v) is 7.08. The molecule has 0 atom stereocenters. The average molecular weight is 196 g/mol. The number of hydrogen-bond donors (Lipinski definition) is 2. The SMILES string of the molecule is NC(=O)c1nc(-c2nnn[nH]2)cs1. The molecule has 7 nitrogen and oxygen atoms in total. The van der Waals surface area contributed by atoms with Crippen LogP contribution in [0.2, 0.25) is 0 Å². The van der Waals surface area contributed by atoms with Crippen molar-refractivity contribution in [3.8, 4) is 11.5 Å². The fourth-order valence-electron chi connectivity index (χ4n) is 0.763. The summed E-state index contributed by atoms with van der Waals surface area (Å²) in [6.45, 7) is 0. The third-order valence-corrected chi connectivity index (χ3v) is 2.16. The summed E-state index contributed by atoms with van der Waals surface area (Å²) < 4.78 is 0. The molecular formula is C5H4N6OS. The van der Waals surface area contributed by atoms with Crippen LogP contribution in [0.3, 0.4) is 0 Å². The van der Waals surface area contributed by atoms with Gasteiger partial charge in [-0.2, -0.15) is 0 Å². The Morgan fingerprint density at radius 3 is 3.00 bits per heavy atom. The van der Waals surface area contributed by atoms with Crippen LogP contribution in [0.25, 0.3) is 11.5 Å². The molecule has 0 bridgehead atoms. The van der Waals surface area contributed by atoms with E-state index in [0.717, 1.165) is 11.3 Å². The highest BCUT2D eigenvalue weighted by Crippen LogP contribution is 2.16. The van der Waals surface area contributed by atoms with E-state index in [1.807, 2.05) is 0 Å². The van der Waals surface area contributed by atoms with Crippen LogP contribution in [-0.4, -0.2) is 31.5 Å². The van der Waals surface area contributed by atoms with Crippen LogP contribution in [0.15, 0.2) is 5.38 Å². The lowest BCUT2D eigenvalue weighted by molar-refractivity contribution is 0.1000. The number of carbonyl (C=O) groups excluding carboxylic acids is 1. The van der Waals surface area contributed by atoms with Crippen LogP contribution in [-0.2, 0) is 0 Å². The molecule has 3 N–H and O–H groups in total. The van der Waals surface area contributed by atoms with Crippen molar-refractivity contribution in [2.24, 2.45) is 5.73 Å². The monoisotopic (exact) mass is 196 g/mol. The fraction of sp³-hybridized carbons (Fsp3) is 0. The molecule has 1 amide bonds. The number of tetrazole rings is 1. The summed E-state index contributed by atoms with van der Waals surface area (Å²) in [6, 6.07) is 0. The molecule has 2 aromatic rings. The van der Waals surface area contributed by atoms with Crippen molar-refractivity contribution >= 4 is 17.2 Å². The van der Waals surface area contributed by atoms with Gasteiger partial charge in [0.2, 0.25) is 0 Å². The van der Waals surface area contributed by atoms with Gasteiger partial charge in [-0.05, 0) is 10.4 Å². The van der Waals surface area contributed by atoms with E-state index < -0.39 is 5.91 Å². The Bertz CT molecular complexity index is 420. The number of amides is 1. The summed E-state index contributed by atoms with van der Waals surface area (Å²) in [4.78, 5) is 14.6. The van der Waals surface area contributed by atoms with Crippen LogP contribution in [0.1, 0.15) is 9.80 Å². The Kier molecular flexibility index (Phi) is 1.74. The maximum atomic E-state index is 10.7. The molecule has 0 aliphatic rings. The van der Waals surface area contributed by atoms with Crippen molar-refractivity contribution in [3.05, 3.63) is 10.4 Å². The maximum absolute atomic E-state index is 10.7. The lowest BCUT2D eigenvalue weighted by atomic mass is 10.5. The maximum Gasteiger partial charge on any atom is 0.277 e. The summed E-state index contributed by atoms with van der Waals surface area (Å²) >= 11 is 1.15. The predicted molar refractivity (Wildman–Crippen MR) is 43.8 cm³/mol.